The van der Waals surface area contributed by atoms with Crippen molar-refractivity contribution >= 4 is 15.9 Å². The largest absolute Gasteiger partial charge is 0.339 e. The molecule has 4 rings (SSSR count). The number of amides is 1. The van der Waals surface area contributed by atoms with Gasteiger partial charge in [0, 0.05) is 44.1 Å². The topological polar surface area (TPSA) is 70.6 Å². The van der Waals surface area contributed by atoms with Crippen LogP contribution in [0.15, 0.2) is 54.9 Å². The quantitative estimate of drug-likeness (QED) is 0.812. The molecule has 0 aliphatic carbocycles. The first-order valence-corrected chi connectivity index (χ1v) is 10.8. The molecule has 0 saturated carbocycles. The highest BCUT2D eigenvalue weighted by Gasteiger charge is 2.47. The van der Waals surface area contributed by atoms with E-state index in [2.05, 4.69) is 4.98 Å². The number of aromatic nitrogens is 1. The Balaban J connectivity index is 1.46. The Hall–Kier alpha value is -2.25. The summed E-state index contributed by atoms with van der Waals surface area (Å²) in [5.41, 5.74) is 1.56. The van der Waals surface area contributed by atoms with Crippen LogP contribution in [0.2, 0.25) is 0 Å². The Kier molecular flexibility index (Phi) is 4.97. The number of hydrogen-bond acceptors (Lipinski definition) is 4. The van der Waals surface area contributed by atoms with Crippen LogP contribution < -0.4 is 0 Å². The number of benzene rings is 1. The molecule has 1 aromatic heterocycles. The molecule has 2 saturated heterocycles. The fraction of sp³-hybridized carbons (Fsp3) is 0.400. The molecule has 3 heterocycles. The molecule has 142 valence electrons. The van der Waals surface area contributed by atoms with E-state index in [4.69, 9.17) is 0 Å². The zero-order valence-electron chi connectivity index (χ0n) is 15.1. The third-order valence-electron chi connectivity index (χ3n) is 5.55. The summed E-state index contributed by atoms with van der Waals surface area (Å²) in [6.45, 7) is 1.98. The van der Waals surface area contributed by atoms with Crippen LogP contribution in [-0.2, 0) is 16.6 Å². The van der Waals surface area contributed by atoms with Crippen molar-refractivity contribution in [1.82, 2.24) is 14.2 Å². The molecule has 0 unspecified atom stereocenters. The van der Waals surface area contributed by atoms with Crippen LogP contribution in [0.1, 0.15) is 28.8 Å². The normalized spacial score (nSPS) is 25.0. The molecule has 1 aromatic carbocycles. The zero-order chi connectivity index (χ0) is 18.9. The van der Waals surface area contributed by atoms with E-state index in [9.17, 15) is 13.2 Å². The smallest absolute Gasteiger partial charge is 0.253 e. The van der Waals surface area contributed by atoms with Gasteiger partial charge in [0.05, 0.1) is 5.25 Å². The molecular weight excluding hydrogens is 362 g/mol. The number of carbonyl (C=O) groups excluding carboxylic acids is 1. The van der Waals surface area contributed by atoms with Gasteiger partial charge in [-0.25, -0.2) is 8.42 Å². The second kappa shape index (κ2) is 7.40. The lowest BCUT2D eigenvalue weighted by Gasteiger charge is -2.22. The Morgan fingerprint density at radius 2 is 1.85 bits per heavy atom. The van der Waals surface area contributed by atoms with Gasteiger partial charge < -0.3 is 4.90 Å². The minimum Gasteiger partial charge on any atom is -0.339 e. The number of hydrogen-bond donors (Lipinski definition) is 0. The molecule has 0 radical (unpaired) electrons. The van der Waals surface area contributed by atoms with E-state index in [-0.39, 0.29) is 11.8 Å². The Labute approximate surface area is 159 Å². The van der Waals surface area contributed by atoms with Crippen molar-refractivity contribution in [2.75, 3.05) is 19.6 Å². The van der Waals surface area contributed by atoms with E-state index in [1.807, 2.05) is 30.3 Å². The molecule has 0 bridgehead atoms. The van der Waals surface area contributed by atoms with Gasteiger partial charge in [-0.2, -0.15) is 4.31 Å². The lowest BCUT2D eigenvalue weighted by Crippen LogP contribution is -2.34. The number of sulfonamides is 1. The van der Waals surface area contributed by atoms with Crippen molar-refractivity contribution in [3.63, 3.8) is 0 Å². The standard InChI is InChI=1S/C20H23N3O3S/c24-20(17-6-2-1-3-7-17)22-11-8-18-15-23(14-16-5-4-10-21-13-16)27(25,26)19(18)9-12-22/h1-7,10,13,18-19H,8-9,11-12,14-15H2/t18-,19-/m1/s1. The van der Waals surface area contributed by atoms with Gasteiger partial charge in [-0.1, -0.05) is 24.3 Å². The van der Waals surface area contributed by atoms with Gasteiger partial charge in [0.15, 0.2) is 0 Å². The molecule has 2 aliphatic rings. The lowest BCUT2D eigenvalue weighted by molar-refractivity contribution is 0.0759. The highest BCUT2D eigenvalue weighted by molar-refractivity contribution is 7.90. The number of nitrogens with zero attached hydrogens (tertiary/aromatic N) is 3. The predicted molar refractivity (Wildman–Crippen MR) is 102 cm³/mol. The predicted octanol–water partition coefficient (Wildman–Crippen LogP) is 2.15. The van der Waals surface area contributed by atoms with Crippen LogP contribution in [0.25, 0.3) is 0 Å². The van der Waals surface area contributed by atoms with Crippen LogP contribution in [0.5, 0.6) is 0 Å². The van der Waals surface area contributed by atoms with Crippen LogP contribution in [0, 0.1) is 5.92 Å². The second-order valence-corrected chi connectivity index (χ2v) is 9.38. The van der Waals surface area contributed by atoms with E-state index < -0.39 is 15.3 Å². The average Bonchev–Trinajstić information content (AvgIpc) is 2.83. The molecule has 2 aromatic rings. The van der Waals surface area contributed by atoms with E-state index >= 15 is 0 Å². The fourth-order valence-corrected chi connectivity index (χ4v) is 6.34. The average molecular weight is 385 g/mol. The number of carbonyl (C=O) groups is 1. The van der Waals surface area contributed by atoms with Crippen molar-refractivity contribution in [2.24, 2.45) is 5.92 Å². The lowest BCUT2D eigenvalue weighted by atomic mass is 10.0. The van der Waals surface area contributed by atoms with E-state index in [1.165, 1.54) is 0 Å². The van der Waals surface area contributed by atoms with Gasteiger partial charge in [-0.3, -0.25) is 9.78 Å². The van der Waals surface area contributed by atoms with Crippen molar-refractivity contribution in [3.8, 4) is 0 Å². The van der Waals surface area contributed by atoms with Gasteiger partial charge in [0.25, 0.3) is 5.91 Å². The minimum atomic E-state index is -3.36. The molecule has 2 atom stereocenters. The summed E-state index contributed by atoms with van der Waals surface area (Å²) in [6, 6.07) is 12.9. The highest BCUT2D eigenvalue weighted by atomic mass is 32.2. The summed E-state index contributed by atoms with van der Waals surface area (Å²) in [4.78, 5) is 18.6. The maximum absolute atomic E-state index is 13.0. The first-order chi connectivity index (χ1) is 13.1. The summed E-state index contributed by atoms with van der Waals surface area (Å²) < 4.78 is 27.7. The first-order valence-electron chi connectivity index (χ1n) is 9.28. The molecule has 2 aliphatic heterocycles. The van der Waals surface area contributed by atoms with Gasteiger partial charge in [-0.15, -0.1) is 0 Å². The summed E-state index contributed by atoms with van der Waals surface area (Å²) in [6.07, 6.45) is 4.61. The fourth-order valence-electron chi connectivity index (χ4n) is 4.11. The Morgan fingerprint density at radius 1 is 1.07 bits per heavy atom. The van der Waals surface area contributed by atoms with Gasteiger partial charge in [0.1, 0.15) is 0 Å². The van der Waals surface area contributed by atoms with Crippen molar-refractivity contribution in [2.45, 2.75) is 24.6 Å². The summed E-state index contributed by atoms with van der Waals surface area (Å²) in [5.74, 6) is 0.0560. The second-order valence-electron chi connectivity index (χ2n) is 7.23. The summed E-state index contributed by atoms with van der Waals surface area (Å²) in [7, 11) is -3.36. The SMILES string of the molecule is O=C(c1ccccc1)N1CC[C@@H]2CN(Cc3cccnc3)S(=O)(=O)[C@@H]2CC1. The molecule has 2 fully saturated rings. The molecule has 1 amide bonds. The monoisotopic (exact) mass is 385 g/mol. The van der Waals surface area contributed by atoms with Crippen molar-refractivity contribution in [1.29, 1.82) is 0 Å². The molecule has 0 N–H and O–H groups in total. The highest BCUT2D eigenvalue weighted by Crippen LogP contribution is 2.35. The first kappa shape index (κ1) is 18.1. The van der Waals surface area contributed by atoms with E-state index in [0.717, 1.165) is 5.56 Å². The molecular formula is C20H23N3O3S. The summed E-state index contributed by atoms with van der Waals surface area (Å²) >= 11 is 0. The third kappa shape index (κ3) is 3.61. The third-order valence-corrected chi connectivity index (χ3v) is 7.93. The van der Waals surface area contributed by atoms with Crippen LogP contribution in [-0.4, -0.2) is 53.4 Å². The van der Waals surface area contributed by atoms with E-state index in [0.29, 0.717) is 44.6 Å². The maximum atomic E-state index is 13.0. The number of fused-ring (bicyclic) bond motifs is 1. The maximum Gasteiger partial charge on any atom is 0.253 e. The van der Waals surface area contributed by atoms with Gasteiger partial charge in [-0.05, 0) is 42.5 Å². The van der Waals surface area contributed by atoms with Gasteiger partial charge in [0.2, 0.25) is 10.0 Å². The molecule has 6 nitrogen and oxygen atoms in total. The summed E-state index contributed by atoms with van der Waals surface area (Å²) in [5, 5.41) is -0.400. The van der Waals surface area contributed by atoms with Crippen LogP contribution in [0.3, 0.4) is 0 Å². The van der Waals surface area contributed by atoms with Crippen LogP contribution in [0.4, 0.5) is 0 Å². The number of rotatable bonds is 3. The van der Waals surface area contributed by atoms with Gasteiger partial charge >= 0.3 is 0 Å². The minimum absolute atomic E-state index is 0.0137. The molecule has 7 heteroatoms. The van der Waals surface area contributed by atoms with Crippen molar-refractivity contribution < 1.29 is 13.2 Å². The number of likely N-dealkylation sites (tertiary alicyclic amines) is 1. The Morgan fingerprint density at radius 3 is 2.59 bits per heavy atom. The van der Waals surface area contributed by atoms with E-state index in [1.54, 1.807) is 33.7 Å². The number of pyridine rings is 1. The molecule has 27 heavy (non-hydrogen) atoms. The molecule has 0 spiro atoms. The Bertz CT molecular complexity index is 903. The van der Waals surface area contributed by atoms with Crippen LogP contribution >= 0.6 is 0 Å². The van der Waals surface area contributed by atoms with Crippen molar-refractivity contribution in [3.05, 3.63) is 66.0 Å². The zero-order valence-corrected chi connectivity index (χ0v) is 15.9.